The van der Waals surface area contributed by atoms with E-state index in [1.54, 1.807) is 18.3 Å². The zero-order valence-electron chi connectivity index (χ0n) is 7.24. The average Bonchev–Trinajstić information content (AvgIpc) is 2.17. The van der Waals surface area contributed by atoms with Crippen molar-refractivity contribution in [2.45, 2.75) is 6.92 Å². The van der Waals surface area contributed by atoms with Gasteiger partial charge in [0, 0.05) is 12.7 Å². The number of carbonyl (C=O) groups excluding carboxylic acids is 1. The van der Waals surface area contributed by atoms with Crippen molar-refractivity contribution in [2.75, 3.05) is 12.0 Å². The van der Waals surface area contributed by atoms with Crippen LogP contribution >= 0.6 is 0 Å². The number of rotatable bonds is 3. The van der Waals surface area contributed by atoms with E-state index < -0.39 is 0 Å². The molecule has 0 bridgehead atoms. The molecule has 3 N–H and O–H groups in total. The third-order valence-corrected chi connectivity index (χ3v) is 1.21. The zero-order valence-corrected chi connectivity index (χ0v) is 7.24. The number of aromatic nitrogens is 2. The number of nitrogens with zero attached hydrogens (tertiary/aromatic N) is 2. The van der Waals surface area contributed by atoms with Crippen LogP contribution in [0.5, 0.6) is 0 Å². The lowest BCUT2D eigenvalue weighted by Crippen LogP contribution is -2.39. The number of urea groups is 1. The fourth-order valence-corrected chi connectivity index (χ4v) is 0.694. The second kappa shape index (κ2) is 4.91. The SMILES string of the molecule is CCNC(=O)NNc1cccnn1. The van der Waals surface area contributed by atoms with Gasteiger partial charge >= 0.3 is 6.03 Å². The molecule has 0 radical (unpaired) electrons. The standard InChI is InChI=1S/C7H11N5O/c1-2-8-7(13)12-11-6-4-3-5-9-10-6/h3-5H,2H2,1H3,(H,10,11)(H2,8,12,13). The van der Waals surface area contributed by atoms with Crippen LogP contribution in [0.2, 0.25) is 0 Å². The van der Waals surface area contributed by atoms with Crippen molar-refractivity contribution in [3.05, 3.63) is 18.3 Å². The van der Waals surface area contributed by atoms with Gasteiger partial charge in [0.05, 0.1) is 0 Å². The van der Waals surface area contributed by atoms with Gasteiger partial charge in [0.2, 0.25) is 0 Å². The van der Waals surface area contributed by atoms with Crippen LogP contribution in [0.4, 0.5) is 10.6 Å². The van der Waals surface area contributed by atoms with Crippen molar-refractivity contribution >= 4 is 11.8 Å². The van der Waals surface area contributed by atoms with E-state index in [0.29, 0.717) is 12.4 Å². The summed E-state index contributed by atoms with van der Waals surface area (Å²) in [6, 6.07) is 3.11. The Balaban J connectivity index is 2.31. The molecule has 6 nitrogen and oxygen atoms in total. The number of amides is 2. The molecule has 0 fully saturated rings. The molecule has 0 atom stereocenters. The van der Waals surface area contributed by atoms with Crippen molar-refractivity contribution in [3.8, 4) is 0 Å². The van der Waals surface area contributed by atoms with E-state index in [2.05, 4.69) is 26.4 Å². The van der Waals surface area contributed by atoms with E-state index in [1.807, 2.05) is 6.92 Å². The summed E-state index contributed by atoms with van der Waals surface area (Å²) in [5.41, 5.74) is 4.99. The molecule has 0 aliphatic carbocycles. The van der Waals surface area contributed by atoms with Crippen LogP contribution in [-0.4, -0.2) is 22.8 Å². The highest BCUT2D eigenvalue weighted by atomic mass is 16.2. The number of carbonyl (C=O) groups is 1. The first-order valence-corrected chi connectivity index (χ1v) is 3.90. The van der Waals surface area contributed by atoms with Gasteiger partial charge < -0.3 is 5.32 Å². The predicted molar refractivity (Wildman–Crippen MR) is 47.9 cm³/mol. The third kappa shape index (κ3) is 3.37. The van der Waals surface area contributed by atoms with Crippen molar-refractivity contribution in [2.24, 2.45) is 0 Å². The van der Waals surface area contributed by atoms with Gasteiger partial charge in [-0.3, -0.25) is 10.9 Å². The largest absolute Gasteiger partial charge is 0.337 e. The lowest BCUT2D eigenvalue weighted by molar-refractivity contribution is 0.243. The Kier molecular flexibility index (Phi) is 3.49. The van der Waals surface area contributed by atoms with Gasteiger partial charge in [-0.1, -0.05) is 0 Å². The van der Waals surface area contributed by atoms with Gasteiger partial charge in [-0.2, -0.15) is 5.10 Å². The summed E-state index contributed by atoms with van der Waals surface area (Å²) < 4.78 is 0. The van der Waals surface area contributed by atoms with Crippen LogP contribution in [-0.2, 0) is 0 Å². The number of hydrazine groups is 1. The summed E-state index contributed by atoms with van der Waals surface area (Å²) >= 11 is 0. The highest BCUT2D eigenvalue weighted by Crippen LogP contribution is 1.93. The van der Waals surface area contributed by atoms with Gasteiger partial charge in [0.25, 0.3) is 0 Å². The van der Waals surface area contributed by atoms with Gasteiger partial charge in [-0.05, 0) is 19.1 Å². The maximum absolute atomic E-state index is 10.9. The van der Waals surface area contributed by atoms with Gasteiger partial charge in [-0.25, -0.2) is 4.79 Å². The fourth-order valence-electron chi connectivity index (χ4n) is 0.694. The Hall–Kier alpha value is -1.85. The van der Waals surface area contributed by atoms with E-state index in [0.717, 1.165) is 0 Å². The summed E-state index contributed by atoms with van der Waals surface area (Å²) in [4.78, 5) is 10.9. The molecule has 1 heterocycles. The predicted octanol–water partition coefficient (Wildman–Crippen LogP) is 0.123. The molecule has 1 rings (SSSR count). The molecule has 0 saturated carbocycles. The molecule has 13 heavy (non-hydrogen) atoms. The molecular weight excluding hydrogens is 170 g/mol. The van der Waals surface area contributed by atoms with Crippen molar-refractivity contribution in [1.29, 1.82) is 0 Å². The van der Waals surface area contributed by atoms with Gasteiger partial charge in [0.1, 0.15) is 0 Å². The Morgan fingerprint density at radius 1 is 1.62 bits per heavy atom. The normalized spacial score (nSPS) is 9.00. The average molecular weight is 181 g/mol. The molecule has 70 valence electrons. The summed E-state index contributed by atoms with van der Waals surface area (Å²) in [5.74, 6) is 0.494. The summed E-state index contributed by atoms with van der Waals surface area (Å²) in [6.45, 7) is 2.41. The molecule has 6 heteroatoms. The molecule has 0 aliphatic heterocycles. The van der Waals surface area contributed by atoms with Gasteiger partial charge in [0.15, 0.2) is 5.82 Å². The zero-order chi connectivity index (χ0) is 9.52. The van der Waals surface area contributed by atoms with Crippen molar-refractivity contribution in [1.82, 2.24) is 20.9 Å². The minimum Gasteiger partial charge on any atom is -0.337 e. The van der Waals surface area contributed by atoms with E-state index in [-0.39, 0.29) is 6.03 Å². The first kappa shape index (κ1) is 9.24. The molecule has 0 spiro atoms. The van der Waals surface area contributed by atoms with Crippen LogP contribution in [0.15, 0.2) is 18.3 Å². The monoisotopic (exact) mass is 181 g/mol. The first-order chi connectivity index (χ1) is 6.33. The Bertz CT molecular complexity index is 263. The van der Waals surface area contributed by atoms with E-state index >= 15 is 0 Å². The lowest BCUT2D eigenvalue weighted by Gasteiger charge is -2.06. The highest BCUT2D eigenvalue weighted by molar-refractivity contribution is 5.74. The van der Waals surface area contributed by atoms with E-state index in [1.165, 1.54) is 0 Å². The smallest absolute Gasteiger partial charge is 0.333 e. The molecule has 1 aromatic heterocycles. The van der Waals surface area contributed by atoms with Crippen molar-refractivity contribution < 1.29 is 4.79 Å². The second-order valence-electron chi connectivity index (χ2n) is 2.22. The quantitative estimate of drug-likeness (QED) is 0.579. The molecule has 0 aliphatic rings. The number of nitrogens with one attached hydrogen (secondary N) is 3. The minimum absolute atomic E-state index is 0.298. The first-order valence-electron chi connectivity index (χ1n) is 3.90. The summed E-state index contributed by atoms with van der Waals surface area (Å²) in [7, 11) is 0. The number of hydrogen-bond donors (Lipinski definition) is 3. The Morgan fingerprint density at radius 3 is 3.08 bits per heavy atom. The maximum Gasteiger partial charge on any atom is 0.333 e. The van der Waals surface area contributed by atoms with E-state index in [4.69, 9.17) is 0 Å². The summed E-state index contributed by atoms with van der Waals surface area (Å²) in [5, 5.41) is 9.89. The van der Waals surface area contributed by atoms with Crippen LogP contribution in [0.1, 0.15) is 6.92 Å². The van der Waals surface area contributed by atoms with Crippen molar-refractivity contribution in [3.63, 3.8) is 0 Å². The number of anilines is 1. The Morgan fingerprint density at radius 2 is 2.46 bits per heavy atom. The van der Waals surface area contributed by atoms with Crippen LogP contribution in [0, 0.1) is 0 Å². The molecular formula is C7H11N5O. The molecule has 1 aromatic rings. The van der Waals surface area contributed by atoms with Gasteiger partial charge in [-0.15, -0.1) is 5.10 Å². The van der Waals surface area contributed by atoms with Crippen LogP contribution in [0.25, 0.3) is 0 Å². The molecule has 0 unspecified atom stereocenters. The highest BCUT2D eigenvalue weighted by Gasteiger charge is 1.96. The molecule has 0 saturated heterocycles. The lowest BCUT2D eigenvalue weighted by atomic mass is 10.5. The molecule has 0 aromatic carbocycles. The maximum atomic E-state index is 10.9. The van der Waals surface area contributed by atoms with E-state index in [9.17, 15) is 4.79 Å². The number of hydrogen-bond acceptors (Lipinski definition) is 4. The minimum atomic E-state index is -0.298. The fraction of sp³-hybridized carbons (Fsp3) is 0.286. The molecule has 2 amide bonds. The topological polar surface area (TPSA) is 78.9 Å². The summed E-state index contributed by atoms with van der Waals surface area (Å²) in [6.07, 6.45) is 1.55. The van der Waals surface area contributed by atoms with Crippen LogP contribution in [0.3, 0.4) is 0 Å². The van der Waals surface area contributed by atoms with Crippen LogP contribution < -0.4 is 16.2 Å². The Labute approximate surface area is 75.7 Å². The third-order valence-electron chi connectivity index (χ3n) is 1.21. The second-order valence-corrected chi connectivity index (χ2v) is 2.22.